The number of unbranched alkanes of at least 4 members (excludes halogenated alkanes) is 3. The third kappa shape index (κ3) is 4.40. The van der Waals surface area contributed by atoms with E-state index in [0.29, 0.717) is 6.42 Å². The number of rotatable bonds is 8. The van der Waals surface area contributed by atoms with Gasteiger partial charge in [-0.3, -0.25) is 4.79 Å². The molecule has 0 aliphatic rings. The Bertz CT molecular complexity index is 413. The molecule has 0 aliphatic carbocycles. The molecular weight excluding hydrogens is 224 g/mol. The summed E-state index contributed by atoms with van der Waals surface area (Å²) < 4.78 is 0. The average Bonchev–Trinajstić information content (AvgIpc) is 2.38. The smallest absolute Gasteiger partial charge is 0.164 e. The molecule has 1 aromatic heterocycles. The third-order valence-electron chi connectivity index (χ3n) is 2.94. The van der Waals surface area contributed by atoms with Crippen LogP contribution in [0.5, 0.6) is 0 Å². The Kier molecular flexibility index (Phi) is 6.26. The van der Waals surface area contributed by atoms with Crippen LogP contribution in [0, 0.1) is 6.92 Å². The highest BCUT2D eigenvalue weighted by molar-refractivity contribution is 5.97. The molecule has 0 unspecified atom stereocenters. The zero-order valence-electron chi connectivity index (χ0n) is 11.4. The van der Waals surface area contributed by atoms with Crippen LogP contribution < -0.4 is 0 Å². The first-order valence-electron chi connectivity index (χ1n) is 6.66. The van der Waals surface area contributed by atoms with Crippen molar-refractivity contribution in [1.82, 2.24) is 10.2 Å². The summed E-state index contributed by atoms with van der Waals surface area (Å²) in [4.78, 5) is 12.1. The van der Waals surface area contributed by atoms with Crippen molar-refractivity contribution in [2.45, 2.75) is 52.4 Å². The minimum Gasteiger partial charge on any atom is -0.294 e. The van der Waals surface area contributed by atoms with Crippen LogP contribution in [0.1, 0.15) is 60.8 Å². The summed E-state index contributed by atoms with van der Waals surface area (Å²) >= 11 is 0. The highest BCUT2D eigenvalue weighted by Crippen LogP contribution is 2.13. The van der Waals surface area contributed by atoms with Gasteiger partial charge in [-0.1, -0.05) is 19.4 Å². The molecule has 98 valence electrons. The lowest BCUT2D eigenvalue weighted by Crippen LogP contribution is -2.07. The topological polar surface area (TPSA) is 42.9 Å². The predicted molar refractivity (Wildman–Crippen MR) is 73.8 cm³/mol. The van der Waals surface area contributed by atoms with Crippen LogP contribution in [-0.4, -0.2) is 16.0 Å². The van der Waals surface area contributed by atoms with Crippen molar-refractivity contribution < 1.29 is 4.79 Å². The molecule has 0 saturated heterocycles. The SMILES string of the molecule is C=CCCCCCC(=O)c1cc(C)nnc1CC. The summed E-state index contributed by atoms with van der Waals surface area (Å²) in [7, 11) is 0. The van der Waals surface area contributed by atoms with Gasteiger partial charge in [0.1, 0.15) is 0 Å². The van der Waals surface area contributed by atoms with Crippen LogP contribution in [0.4, 0.5) is 0 Å². The maximum atomic E-state index is 12.1. The Morgan fingerprint density at radius 2 is 2.11 bits per heavy atom. The van der Waals surface area contributed by atoms with Crippen molar-refractivity contribution >= 4 is 5.78 Å². The van der Waals surface area contributed by atoms with Crippen molar-refractivity contribution in [3.63, 3.8) is 0 Å². The van der Waals surface area contributed by atoms with E-state index in [9.17, 15) is 4.79 Å². The number of nitrogens with zero attached hydrogens (tertiary/aromatic N) is 2. The number of hydrogen-bond acceptors (Lipinski definition) is 3. The fourth-order valence-electron chi connectivity index (χ4n) is 1.90. The van der Waals surface area contributed by atoms with Gasteiger partial charge in [-0.2, -0.15) is 10.2 Å². The van der Waals surface area contributed by atoms with Gasteiger partial charge in [0.05, 0.1) is 11.4 Å². The zero-order chi connectivity index (χ0) is 13.4. The van der Waals surface area contributed by atoms with E-state index in [1.807, 2.05) is 26.0 Å². The third-order valence-corrected chi connectivity index (χ3v) is 2.94. The lowest BCUT2D eigenvalue weighted by Gasteiger charge is -2.06. The molecule has 0 radical (unpaired) electrons. The number of carbonyl (C=O) groups is 1. The summed E-state index contributed by atoms with van der Waals surface area (Å²) in [6.45, 7) is 7.56. The number of ketones is 1. The molecule has 1 rings (SSSR count). The minimum atomic E-state index is 0.198. The van der Waals surface area contributed by atoms with Crippen LogP contribution >= 0.6 is 0 Å². The zero-order valence-corrected chi connectivity index (χ0v) is 11.4. The number of hydrogen-bond donors (Lipinski definition) is 0. The molecule has 18 heavy (non-hydrogen) atoms. The molecule has 3 heteroatoms. The molecule has 0 fully saturated rings. The average molecular weight is 246 g/mol. The van der Waals surface area contributed by atoms with E-state index in [4.69, 9.17) is 0 Å². The van der Waals surface area contributed by atoms with Gasteiger partial charge in [0.25, 0.3) is 0 Å². The van der Waals surface area contributed by atoms with Crippen LogP contribution in [0.3, 0.4) is 0 Å². The largest absolute Gasteiger partial charge is 0.294 e. The fraction of sp³-hybridized carbons (Fsp3) is 0.533. The maximum Gasteiger partial charge on any atom is 0.164 e. The second-order valence-electron chi connectivity index (χ2n) is 4.51. The van der Waals surface area contributed by atoms with E-state index >= 15 is 0 Å². The highest BCUT2D eigenvalue weighted by Gasteiger charge is 2.12. The van der Waals surface area contributed by atoms with E-state index in [1.165, 1.54) is 0 Å². The lowest BCUT2D eigenvalue weighted by atomic mass is 10.0. The summed E-state index contributed by atoms with van der Waals surface area (Å²) in [6.07, 6.45) is 7.45. The van der Waals surface area contributed by atoms with Crippen LogP contribution in [0.25, 0.3) is 0 Å². The Morgan fingerprint density at radius 3 is 2.78 bits per heavy atom. The van der Waals surface area contributed by atoms with E-state index in [-0.39, 0.29) is 5.78 Å². The molecule has 0 N–H and O–H groups in total. The van der Waals surface area contributed by atoms with Crippen molar-refractivity contribution in [2.24, 2.45) is 0 Å². The normalized spacial score (nSPS) is 10.3. The minimum absolute atomic E-state index is 0.198. The van der Waals surface area contributed by atoms with E-state index in [1.54, 1.807) is 0 Å². The van der Waals surface area contributed by atoms with E-state index in [2.05, 4.69) is 16.8 Å². The summed E-state index contributed by atoms with van der Waals surface area (Å²) in [6, 6.07) is 1.86. The molecule has 0 amide bonds. The standard InChI is InChI=1S/C15H22N2O/c1-4-6-7-8-9-10-15(18)13-11-12(3)16-17-14(13)5-2/h4,11H,1,5-10H2,2-3H3. The Hall–Kier alpha value is -1.51. The first kappa shape index (κ1) is 14.6. The number of allylic oxidation sites excluding steroid dienone is 1. The van der Waals surface area contributed by atoms with Crippen LogP contribution in [-0.2, 0) is 6.42 Å². The van der Waals surface area contributed by atoms with Gasteiger partial charge in [0.2, 0.25) is 0 Å². The van der Waals surface area contributed by atoms with Gasteiger partial charge in [-0.15, -0.1) is 6.58 Å². The van der Waals surface area contributed by atoms with Gasteiger partial charge < -0.3 is 0 Å². The summed E-state index contributed by atoms with van der Waals surface area (Å²) in [5.41, 5.74) is 2.38. The quantitative estimate of drug-likeness (QED) is 0.399. The fourth-order valence-corrected chi connectivity index (χ4v) is 1.90. The van der Waals surface area contributed by atoms with Crippen molar-refractivity contribution in [3.05, 3.63) is 35.7 Å². The van der Waals surface area contributed by atoms with Crippen molar-refractivity contribution in [2.75, 3.05) is 0 Å². The Morgan fingerprint density at radius 1 is 1.33 bits per heavy atom. The molecule has 1 aromatic rings. The van der Waals surface area contributed by atoms with Crippen molar-refractivity contribution in [1.29, 1.82) is 0 Å². The number of aryl methyl sites for hydroxylation is 2. The monoisotopic (exact) mass is 246 g/mol. The van der Waals surface area contributed by atoms with E-state index in [0.717, 1.165) is 49.1 Å². The molecular formula is C15H22N2O. The van der Waals surface area contributed by atoms with Gasteiger partial charge in [-0.05, 0) is 38.7 Å². The van der Waals surface area contributed by atoms with Gasteiger partial charge in [0.15, 0.2) is 5.78 Å². The molecule has 1 heterocycles. The van der Waals surface area contributed by atoms with Gasteiger partial charge >= 0.3 is 0 Å². The molecule has 0 saturated carbocycles. The molecule has 0 aliphatic heterocycles. The Labute approximate surface area is 109 Å². The molecule has 0 spiro atoms. The van der Waals surface area contributed by atoms with Crippen LogP contribution in [0.15, 0.2) is 18.7 Å². The summed E-state index contributed by atoms with van der Waals surface area (Å²) in [5, 5.41) is 8.09. The maximum absolute atomic E-state index is 12.1. The van der Waals surface area contributed by atoms with Crippen molar-refractivity contribution in [3.8, 4) is 0 Å². The molecule has 3 nitrogen and oxygen atoms in total. The second kappa shape index (κ2) is 7.75. The van der Waals surface area contributed by atoms with E-state index < -0.39 is 0 Å². The number of aromatic nitrogens is 2. The highest BCUT2D eigenvalue weighted by atomic mass is 16.1. The van der Waals surface area contributed by atoms with Crippen LogP contribution in [0.2, 0.25) is 0 Å². The number of Topliss-reactive ketones (excluding diaryl/α,β-unsaturated/α-hetero) is 1. The molecule has 0 bridgehead atoms. The summed E-state index contributed by atoms with van der Waals surface area (Å²) in [5.74, 6) is 0.198. The first-order chi connectivity index (χ1) is 8.69. The number of carbonyl (C=O) groups excluding carboxylic acids is 1. The first-order valence-corrected chi connectivity index (χ1v) is 6.66. The molecule has 0 aromatic carbocycles. The van der Waals surface area contributed by atoms with Gasteiger partial charge in [0, 0.05) is 12.0 Å². The lowest BCUT2D eigenvalue weighted by molar-refractivity contribution is 0.0977. The predicted octanol–water partition coefficient (Wildman–Crippen LogP) is 3.67. The second-order valence-corrected chi connectivity index (χ2v) is 4.51. The Balaban J connectivity index is 2.55. The molecule has 0 atom stereocenters. The van der Waals surface area contributed by atoms with Gasteiger partial charge in [-0.25, -0.2) is 0 Å².